The summed E-state index contributed by atoms with van der Waals surface area (Å²) in [5, 5.41) is 0. The van der Waals surface area contributed by atoms with Crippen LogP contribution in [0.5, 0.6) is 0 Å². The minimum atomic E-state index is 1.38. The second-order valence-electron chi connectivity index (χ2n) is 2.28. The average molecular weight is 199 g/mol. The molecule has 0 radical (unpaired) electrons. The van der Waals surface area contributed by atoms with Gasteiger partial charge in [0.2, 0.25) is 0 Å². The average Bonchev–Trinajstić information content (AvgIpc) is 2.12. The van der Waals surface area contributed by atoms with Crippen LogP contribution >= 0.6 is 0 Å². The van der Waals surface area contributed by atoms with Crippen LogP contribution in [0, 0.1) is 12.5 Å². The van der Waals surface area contributed by atoms with Gasteiger partial charge in [-0.15, -0.1) is 0 Å². The summed E-state index contributed by atoms with van der Waals surface area (Å²) >= 11 is 2.31. The summed E-state index contributed by atoms with van der Waals surface area (Å²) < 4.78 is 7.94. The zero-order valence-electron chi connectivity index (χ0n) is 7.06. The topological polar surface area (TPSA) is 17.1 Å². The predicted octanol–water partition coefficient (Wildman–Crippen LogP) is 3.03. The first kappa shape index (κ1) is 13.6. The molecule has 1 saturated carbocycles. The second kappa shape index (κ2) is 16.6. The van der Waals surface area contributed by atoms with Gasteiger partial charge < -0.3 is 12.5 Å². The third-order valence-electron chi connectivity index (χ3n) is 1.32. The first-order chi connectivity index (χ1) is 5.41. The molecule has 1 aliphatic carbocycles. The molecule has 0 atom stereocenters. The molecule has 0 saturated heterocycles. The van der Waals surface area contributed by atoms with E-state index in [-0.39, 0.29) is 0 Å². The Morgan fingerprint density at radius 3 is 1.73 bits per heavy atom. The van der Waals surface area contributed by atoms with Crippen LogP contribution in [-0.4, -0.2) is 0 Å². The van der Waals surface area contributed by atoms with Crippen LogP contribution in [0.4, 0.5) is 0 Å². The van der Waals surface area contributed by atoms with Crippen LogP contribution < -0.4 is 0 Å². The first-order valence-corrected chi connectivity index (χ1v) is 4.23. The number of rotatable bonds is 0. The molecule has 0 N–H and O–H groups in total. The van der Waals surface area contributed by atoms with Gasteiger partial charge in [-0.3, -0.25) is 6.58 Å². The van der Waals surface area contributed by atoms with Gasteiger partial charge in [0.15, 0.2) is 0 Å². The van der Waals surface area contributed by atoms with Gasteiger partial charge in [0, 0.05) is 0 Å². The Labute approximate surface area is 78.0 Å². The molecule has 0 aromatic rings. The van der Waals surface area contributed by atoms with Gasteiger partial charge in [-0.1, -0.05) is 19.3 Å². The Morgan fingerprint density at radius 2 is 1.64 bits per heavy atom. The Hall–Kier alpha value is 0.0465. The Morgan fingerprint density at radius 1 is 1.27 bits per heavy atom. The van der Waals surface area contributed by atoms with E-state index in [2.05, 4.69) is 34.7 Å². The van der Waals surface area contributed by atoms with E-state index in [1.807, 2.05) is 0 Å². The van der Waals surface area contributed by atoms with Crippen LogP contribution in [0.3, 0.4) is 0 Å². The molecule has 1 nitrogen and oxygen atoms in total. The zero-order valence-corrected chi connectivity index (χ0v) is 8.10. The van der Waals surface area contributed by atoms with Crippen molar-refractivity contribution in [2.75, 3.05) is 0 Å². The number of hydrogen-bond acceptors (Lipinski definition) is 1. The SMILES string of the molecule is C=[C-]C.[CH-]1CCCCC1.[O]=[Co]. The van der Waals surface area contributed by atoms with E-state index in [1.54, 1.807) is 6.92 Å². The maximum atomic E-state index is 7.94. The van der Waals surface area contributed by atoms with Gasteiger partial charge in [-0.05, 0) is 0 Å². The van der Waals surface area contributed by atoms with Crippen molar-refractivity contribution in [1.29, 1.82) is 0 Å². The molecular weight excluding hydrogens is 183 g/mol. The summed E-state index contributed by atoms with van der Waals surface area (Å²) in [4.78, 5) is 0. The van der Waals surface area contributed by atoms with Crippen molar-refractivity contribution in [1.82, 2.24) is 0 Å². The zero-order chi connectivity index (χ0) is 8.95. The number of allylic oxidation sites excluding steroid dienone is 1. The van der Waals surface area contributed by atoms with Crippen molar-refractivity contribution in [3.8, 4) is 0 Å². The van der Waals surface area contributed by atoms with Crippen LogP contribution in [0.25, 0.3) is 0 Å². The van der Waals surface area contributed by atoms with E-state index in [4.69, 9.17) is 3.87 Å². The normalized spacial score (nSPS) is 14.7. The third kappa shape index (κ3) is 17.8. The van der Waals surface area contributed by atoms with Crippen molar-refractivity contribution >= 4 is 0 Å². The van der Waals surface area contributed by atoms with E-state index in [0.717, 1.165) is 0 Å². The molecule has 11 heavy (non-hydrogen) atoms. The van der Waals surface area contributed by atoms with E-state index < -0.39 is 0 Å². The fraction of sp³-hybridized carbons (Fsp3) is 0.667. The molecule has 0 unspecified atom stereocenters. The van der Waals surface area contributed by atoms with E-state index in [0.29, 0.717) is 0 Å². The Kier molecular flexibility index (Phi) is 20.5. The monoisotopic (exact) mass is 199 g/mol. The van der Waals surface area contributed by atoms with Gasteiger partial charge in [-0.2, -0.15) is 19.8 Å². The Bertz CT molecular complexity index is 58.5. The molecule has 0 heterocycles. The van der Waals surface area contributed by atoms with Crippen LogP contribution in [0.15, 0.2) is 6.58 Å². The molecule has 0 bridgehead atoms. The third-order valence-corrected chi connectivity index (χ3v) is 1.32. The standard InChI is InChI=1S/C6H11.C3H5.Co.O/c1-2-4-6-5-3-1;1-3-2;;/h1H,2-6H2;1H2,2H3;;/q2*-1;;. The van der Waals surface area contributed by atoms with E-state index in [1.165, 1.54) is 32.1 Å². The van der Waals surface area contributed by atoms with Crippen molar-refractivity contribution in [3.63, 3.8) is 0 Å². The second-order valence-corrected chi connectivity index (χ2v) is 2.28. The van der Waals surface area contributed by atoms with Gasteiger partial charge in [0.1, 0.15) is 0 Å². The van der Waals surface area contributed by atoms with Crippen LogP contribution in [0.1, 0.15) is 39.0 Å². The summed E-state index contributed by atoms with van der Waals surface area (Å²) in [5.41, 5.74) is 0. The molecule has 1 aliphatic rings. The summed E-state index contributed by atoms with van der Waals surface area (Å²) in [6.45, 7) is 5.00. The van der Waals surface area contributed by atoms with Gasteiger partial charge in [0.25, 0.3) is 0 Å². The first-order valence-electron chi connectivity index (χ1n) is 3.81. The fourth-order valence-corrected chi connectivity index (χ4v) is 0.898. The molecule has 1 fully saturated rings. The van der Waals surface area contributed by atoms with E-state index >= 15 is 0 Å². The quantitative estimate of drug-likeness (QED) is 0.548. The molecule has 0 aromatic carbocycles. The molecular formula is C9H16CoO-2. The summed E-state index contributed by atoms with van der Waals surface area (Å²) in [5.74, 6) is 0. The molecule has 0 aromatic heterocycles. The summed E-state index contributed by atoms with van der Waals surface area (Å²) in [7, 11) is 0. The summed E-state index contributed by atoms with van der Waals surface area (Å²) in [6.07, 6.45) is 12.0. The van der Waals surface area contributed by atoms with Crippen LogP contribution in [0.2, 0.25) is 0 Å². The van der Waals surface area contributed by atoms with Gasteiger partial charge in [-0.25, -0.2) is 0 Å². The summed E-state index contributed by atoms with van der Waals surface area (Å²) in [6, 6.07) is 0. The predicted molar refractivity (Wildman–Crippen MR) is 42.6 cm³/mol. The van der Waals surface area contributed by atoms with E-state index in [9.17, 15) is 0 Å². The Balaban J connectivity index is 0. The van der Waals surface area contributed by atoms with Crippen molar-refractivity contribution in [2.45, 2.75) is 39.0 Å². The maximum absolute atomic E-state index is 7.94. The number of hydrogen-bond donors (Lipinski definition) is 0. The minimum absolute atomic E-state index is 1.38. The molecule has 0 aliphatic heterocycles. The molecule has 0 amide bonds. The van der Waals surface area contributed by atoms with Crippen molar-refractivity contribution in [2.24, 2.45) is 0 Å². The van der Waals surface area contributed by atoms with Crippen LogP contribution in [-0.2, 0) is 19.5 Å². The van der Waals surface area contributed by atoms with Gasteiger partial charge in [0.05, 0.1) is 0 Å². The molecule has 69 valence electrons. The molecule has 1 rings (SSSR count). The fourth-order valence-electron chi connectivity index (χ4n) is 0.898. The van der Waals surface area contributed by atoms with Gasteiger partial charge >= 0.3 is 19.5 Å². The molecule has 0 spiro atoms. The molecule has 2 heteroatoms. The van der Waals surface area contributed by atoms with Crippen molar-refractivity contribution in [3.05, 3.63) is 19.1 Å². The van der Waals surface area contributed by atoms with Crippen molar-refractivity contribution < 1.29 is 19.5 Å².